The molecular formula is C12H14N2O3. The van der Waals surface area contributed by atoms with Gasteiger partial charge >= 0.3 is 5.63 Å². The molecule has 0 saturated carbocycles. The van der Waals surface area contributed by atoms with Gasteiger partial charge in [0.05, 0.1) is 0 Å². The van der Waals surface area contributed by atoms with Crippen molar-refractivity contribution in [2.45, 2.75) is 33.1 Å². The number of hydrogen-bond acceptors (Lipinski definition) is 4. The zero-order valence-electron chi connectivity index (χ0n) is 9.87. The molecule has 0 spiro atoms. The molecule has 2 aromatic rings. The maximum Gasteiger partial charge on any atom is 0.337 e. The molecule has 0 aromatic carbocycles. The summed E-state index contributed by atoms with van der Waals surface area (Å²) in [5.41, 5.74) is 0.139. The van der Waals surface area contributed by atoms with Gasteiger partial charge in [-0.25, -0.2) is 4.79 Å². The molecule has 0 amide bonds. The van der Waals surface area contributed by atoms with E-state index in [0.29, 0.717) is 23.2 Å². The Bertz CT molecular complexity index is 655. The molecule has 0 aliphatic heterocycles. The molecule has 2 rings (SSSR count). The monoisotopic (exact) mass is 234 g/mol. The van der Waals surface area contributed by atoms with Crippen LogP contribution in [0.2, 0.25) is 0 Å². The fraction of sp³-hybridized carbons (Fsp3) is 0.417. The van der Waals surface area contributed by atoms with Gasteiger partial charge in [0.1, 0.15) is 11.2 Å². The van der Waals surface area contributed by atoms with Crippen molar-refractivity contribution < 1.29 is 4.42 Å². The lowest BCUT2D eigenvalue weighted by molar-refractivity contribution is 0.544. The van der Waals surface area contributed by atoms with Gasteiger partial charge in [-0.2, -0.15) is 4.98 Å². The van der Waals surface area contributed by atoms with Crippen LogP contribution in [0.15, 0.2) is 20.1 Å². The fourth-order valence-corrected chi connectivity index (χ4v) is 1.82. The summed E-state index contributed by atoms with van der Waals surface area (Å²) in [5.74, 6) is 0.443. The van der Waals surface area contributed by atoms with Gasteiger partial charge in [0, 0.05) is 6.07 Å². The first kappa shape index (κ1) is 11.6. The predicted octanol–water partition coefficient (Wildman–Crippen LogP) is 1.53. The Kier molecular flexibility index (Phi) is 3.08. The van der Waals surface area contributed by atoms with E-state index in [2.05, 4.69) is 16.9 Å². The Labute approximate surface area is 97.5 Å². The number of aromatic amines is 1. The number of nitrogens with zero attached hydrogens (tertiary/aromatic N) is 1. The highest BCUT2D eigenvalue weighted by molar-refractivity contribution is 5.75. The van der Waals surface area contributed by atoms with Crippen LogP contribution in [0.3, 0.4) is 0 Å². The molecule has 0 radical (unpaired) electrons. The van der Waals surface area contributed by atoms with Crippen molar-refractivity contribution in [1.82, 2.24) is 9.97 Å². The Morgan fingerprint density at radius 1 is 1.41 bits per heavy atom. The van der Waals surface area contributed by atoms with Crippen LogP contribution in [0.4, 0.5) is 0 Å². The molecule has 0 aliphatic rings. The molecule has 5 heteroatoms. The molecule has 0 saturated heterocycles. The van der Waals surface area contributed by atoms with Gasteiger partial charge in [0.25, 0.3) is 5.56 Å². The summed E-state index contributed by atoms with van der Waals surface area (Å²) >= 11 is 0. The first-order chi connectivity index (χ1) is 8.11. The summed E-state index contributed by atoms with van der Waals surface area (Å²) in [6, 6.07) is 1.38. The number of H-pyrrole nitrogens is 1. The van der Waals surface area contributed by atoms with Crippen molar-refractivity contribution >= 4 is 11.1 Å². The number of rotatable bonds is 3. The topological polar surface area (TPSA) is 76.0 Å². The van der Waals surface area contributed by atoms with Gasteiger partial charge in [-0.3, -0.25) is 4.79 Å². The fourth-order valence-electron chi connectivity index (χ4n) is 1.82. The summed E-state index contributed by atoms with van der Waals surface area (Å²) in [6.07, 6.45) is 2.61. The van der Waals surface area contributed by atoms with E-state index in [1.165, 1.54) is 6.07 Å². The standard InChI is InChI=1S/C12H14N2O3/c1-3-4-5-8-6-9(15)17-12-10(8)11(16)13-7(2)14-12/h6H,3-5H2,1-2H3,(H,13,14,16). The van der Waals surface area contributed by atoms with Crippen LogP contribution in [0.25, 0.3) is 11.1 Å². The van der Waals surface area contributed by atoms with Crippen molar-refractivity contribution in [3.8, 4) is 0 Å². The summed E-state index contributed by atoms with van der Waals surface area (Å²) in [7, 11) is 0. The molecule has 0 atom stereocenters. The van der Waals surface area contributed by atoms with Crippen LogP contribution in [0, 0.1) is 6.92 Å². The normalized spacial score (nSPS) is 10.9. The molecule has 0 fully saturated rings. The van der Waals surface area contributed by atoms with Crippen LogP contribution in [-0.4, -0.2) is 9.97 Å². The zero-order chi connectivity index (χ0) is 12.4. The van der Waals surface area contributed by atoms with E-state index in [4.69, 9.17) is 4.42 Å². The summed E-state index contributed by atoms with van der Waals surface area (Å²) < 4.78 is 4.96. The molecule has 5 nitrogen and oxygen atoms in total. The lowest BCUT2D eigenvalue weighted by atomic mass is 10.1. The second kappa shape index (κ2) is 4.53. The van der Waals surface area contributed by atoms with Crippen molar-refractivity contribution in [2.24, 2.45) is 0 Å². The van der Waals surface area contributed by atoms with Crippen LogP contribution in [0.5, 0.6) is 0 Å². The Hall–Kier alpha value is -1.91. The van der Waals surface area contributed by atoms with E-state index in [9.17, 15) is 9.59 Å². The largest absolute Gasteiger partial charge is 0.403 e. The highest BCUT2D eigenvalue weighted by Gasteiger charge is 2.10. The summed E-state index contributed by atoms with van der Waals surface area (Å²) in [4.78, 5) is 29.9. The average Bonchev–Trinajstić information content (AvgIpc) is 2.24. The number of nitrogens with one attached hydrogen (secondary N) is 1. The number of hydrogen-bond donors (Lipinski definition) is 1. The Morgan fingerprint density at radius 3 is 2.88 bits per heavy atom. The van der Waals surface area contributed by atoms with E-state index in [1.54, 1.807) is 6.92 Å². The van der Waals surface area contributed by atoms with Gasteiger partial charge in [-0.15, -0.1) is 0 Å². The van der Waals surface area contributed by atoms with Crippen molar-refractivity contribution in [3.05, 3.63) is 38.2 Å². The van der Waals surface area contributed by atoms with Crippen molar-refractivity contribution in [2.75, 3.05) is 0 Å². The van der Waals surface area contributed by atoms with E-state index in [0.717, 1.165) is 12.8 Å². The number of unbranched alkanes of at least 4 members (excludes halogenated alkanes) is 1. The molecular weight excluding hydrogens is 220 g/mol. The second-order valence-electron chi connectivity index (χ2n) is 4.03. The van der Waals surface area contributed by atoms with Crippen molar-refractivity contribution in [3.63, 3.8) is 0 Å². The predicted molar refractivity (Wildman–Crippen MR) is 64.2 cm³/mol. The third-order valence-electron chi connectivity index (χ3n) is 2.61. The van der Waals surface area contributed by atoms with Gasteiger partial charge in [0.15, 0.2) is 0 Å². The minimum absolute atomic E-state index is 0.129. The molecule has 2 heterocycles. The number of fused-ring (bicyclic) bond motifs is 1. The molecule has 90 valence electrons. The van der Waals surface area contributed by atoms with Crippen molar-refractivity contribution in [1.29, 1.82) is 0 Å². The maximum absolute atomic E-state index is 11.8. The highest BCUT2D eigenvalue weighted by Crippen LogP contribution is 2.13. The average molecular weight is 234 g/mol. The number of aromatic nitrogens is 2. The lowest BCUT2D eigenvalue weighted by Crippen LogP contribution is -2.14. The first-order valence-corrected chi connectivity index (χ1v) is 5.65. The SMILES string of the molecule is CCCCc1cc(=O)oc2nc(C)[nH]c(=O)c12. The molecule has 2 aromatic heterocycles. The van der Waals surface area contributed by atoms with Crippen LogP contribution < -0.4 is 11.2 Å². The highest BCUT2D eigenvalue weighted by atomic mass is 16.4. The third-order valence-corrected chi connectivity index (χ3v) is 2.61. The van der Waals surface area contributed by atoms with E-state index in [1.807, 2.05) is 0 Å². The Balaban J connectivity index is 2.74. The second-order valence-corrected chi connectivity index (χ2v) is 4.03. The van der Waals surface area contributed by atoms with Crippen LogP contribution in [0.1, 0.15) is 31.2 Å². The molecule has 0 aliphatic carbocycles. The van der Waals surface area contributed by atoms with Gasteiger partial charge in [-0.05, 0) is 25.3 Å². The maximum atomic E-state index is 11.8. The summed E-state index contributed by atoms with van der Waals surface area (Å²) in [5, 5.41) is 0.392. The quantitative estimate of drug-likeness (QED) is 0.873. The minimum Gasteiger partial charge on any atom is -0.403 e. The van der Waals surface area contributed by atoms with E-state index in [-0.39, 0.29) is 11.3 Å². The smallest absolute Gasteiger partial charge is 0.337 e. The van der Waals surface area contributed by atoms with Gasteiger partial charge in [-0.1, -0.05) is 13.3 Å². The summed E-state index contributed by atoms with van der Waals surface area (Å²) in [6.45, 7) is 3.71. The molecule has 1 N–H and O–H groups in total. The molecule has 0 unspecified atom stereocenters. The van der Waals surface area contributed by atoms with Gasteiger partial charge < -0.3 is 9.40 Å². The van der Waals surface area contributed by atoms with Gasteiger partial charge in [0.2, 0.25) is 5.71 Å². The van der Waals surface area contributed by atoms with E-state index >= 15 is 0 Å². The zero-order valence-corrected chi connectivity index (χ0v) is 9.87. The third kappa shape index (κ3) is 2.27. The first-order valence-electron chi connectivity index (χ1n) is 5.65. The lowest BCUT2D eigenvalue weighted by Gasteiger charge is -2.03. The van der Waals surface area contributed by atoms with Crippen LogP contribution in [-0.2, 0) is 6.42 Å². The molecule has 0 bridgehead atoms. The van der Waals surface area contributed by atoms with E-state index < -0.39 is 5.63 Å². The Morgan fingerprint density at radius 2 is 2.18 bits per heavy atom. The van der Waals surface area contributed by atoms with Crippen LogP contribution >= 0.6 is 0 Å². The molecule has 17 heavy (non-hydrogen) atoms. The number of aryl methyl sites for hydroxylation is 2. The minimum atomic E-state index is -0.457.